The highest BCUT2D eigenvalue weighted by molar-refractivity contribution is 5.32. The Morgan fingerprint density at radius 3 is 2.62 bits per heavy atom. The molecule has 2 N–H and O–H groups in total. The first-order valence-corrected chi connectivity index (χ1v) is 5.04. The SMILES string of the molecule is O=[N+]([O-])c1cnc(N[C@H](CO)C2CC2)nc1. The zero-order chi connectivity index (χ0) is 11.5. The van der Waals surface area contributed by atoms with Crippen molar-refractivity contribution in [1.29, 1.82) is 0 Å². The van der Waals surface area contributed by atoms with Crippen molar-refractivity contribution in [3.63, 3.8) is 0 Å². The van der Waals surface area contributed by atoms with Gasteiger partial charge in [0.15, 0.2) is 0 Å². The Labute approximate surface area is 91.7 Å². The van der Waals surface area contributed by atoms with Crippen molar-refractivity contribution in [2.75, 3.05) is 11.9 Å². The molecule has 1 heterocycles. The lowest BCUT2D eigenvalue weighted by molar-refractivity contribution is -0.385. The van der Waals surface area contributed by atoms with Gasteiger partial charge in [-0.25, -0.2) is 9.97 Å². The molecular weight excluding hydrogens is 212 g/mol. The number of aliphatic hydroxyl groups is 1. The molecule has 0 bridgehead atoms. The maximum atomic E-state index is 10.4. The van der Waals surface area contributed by atoms with Crippen LogP contribution >= 0.6 is 0 Å². The molecule has 0 saturated heterocycles. The van der Waals surface area contributed by atoms with E-state index in [2.05, 4.69) is 15.3 Å². The molecule has 1 aliphatic rings. The summed E-state index contributed by atoms with van der Waals surface area (Å²) in [6, 6.07) is -0.0542. The molecular formula is C9H12N4O3. The van der Waals surface area contributed by atoms with Crippen molar-refractivity contribution >= 4 is 11.6 Å². The summed E-state index contributed by atoms with van der Waals surface area (Å²) < 4.78 is 0. The summed E-state index contributed by atoms with van der Waals surface area (Å²) in [7, 11) is 0. The molecule has 86 valence electrons. The molecule has 0 amide bonds. The van der Waals surface area contributed by atoms with Crippen LogP contribution in [0, 0.1) is 16.0 Å². The van der Waals surface area contributed by atoms with Gasteiger partial charge in [0.05, 0.1) is 17.6 Å². The van der Waals surface area contributed by atoms with E-state index in [1.807, 2.05) is 0 Å². The molecule has 7 heteroatoms. The van der Waals surface area contributed by atoms with Gasteiger partial charge in [0.2, 0.25) is 5.95 Å². The minimum Gasteiger partial charge on any atom is -0.394 e. The van der Waals surface area contributed by atoms with Crippen LogP contribution in [0.25, 0.3) is 0 Å². The second-order valence-electron chi connectivity index (χ2n) is 3.79. The van der Waals surface area contributed by atoms with Gasteiger partial charge in [0.25, 0.3) is 0 Å². The van der Waals surface area contributed by atoms with Gasteiger partial charge in [0.1, 0.15) is 12.4 Å². The summed E-state index contributed by atoms with van der Waals surface area (Å²) in [5, 5.41) is 22.5. The van der Waals surface area contributed by atoms with Crippen LogP contribution in [0.5, 0.6) is 0 Å². The van der Waals surface area contributed by atoms with Crippen LogP contribution in [0.3, 0.4) is 0 Å². The van der Waals surface area contributed by atoms with Crippen molar-refractivity contribution < 1.29 is 10.0 Å². The maximum Gasteiger partial charge on any atom is 0.305 e. The van der Waals surface area contributed by atoms with E-state index in [4.69, 9.17) is 5.11 Å². The van der Waals surface area contributed by atoms with Crippen molar-refractivity contribution in [3.05, 3.63) is 22.5 Å². The summed E-state index contributed by atoms with van der Waals surface area (Å²) in [5.41, 5.74) is -0.141. The highest BCUT2D eigenvalue weighted by Gasteiger charge is 2.31. The predicted octanol–water partition coefficient (Wildman–Crippen LogP) is 0.568. The third-order valence-electron chi connectivity index (χ3n) is 2.55. The normalized spacial score (nSPS) is 16.8. The molecule has 7 nitrogen and oxygen atoms in total. The van der Waals surface area contributed by atoms with E-state index in [0.717, 1.165) is 25.2 Å². The van der Waals surface area contributed by atoms with Gasteiger partial charge >= 0.3 is 5.69 Å². The molecule has 0 aromatic carbocycles. The first kappa shape index (κ1) is 10.7. The fourth-order valence-corrected chi connectivity index (χ4v) is 1.47. The maximum absolute atomic E-state index is 10.4. The average Bonchev–Trinajstić information content (AvgIpc) is 3.10. The van der Waals surface area contributed by atoms with E-state index >= 15 is 0 Å². The Bertz CT molecular complexity index is 377. The fourth-order valence-electron chi connectivity index (χ4n) is 1.47. The number of aromatic nitrogens is 2. The number of aliphatic hydroxyl groups excluding tert-OH is 1. The number of nitrogens with one attached hydrogen (secondary N) is 1. The molecule has 1 atom stereocenters. The lowest BCUT2D eigenvalue weighted by Crippen LogP contribution is -2.27. The number of nitrogens with zero attached hydrogens (tertiary/aromatic N) is 3. The van der Waals surface area contributed by atoms with Crippen LogP contribution in [-0.2, 0) is 0 Å². The summed E-state index contributed by atoms with van der Waals surface area (Å²) in [5.74, 6) is 0.778. The number of hydrogen-bond donors (Lipinski definition) is 2. The van der Waals surface area contributed by atoms with Crippen molar-refractivity contribution in [1.82, 2.24) is 9.97 Å². The lowest BCUT2D eigenvalue weighted by atomic mass is 10.2. The Kier molecular flexibility index (Phi) is 2.95. The van der Waals surface area contributed by atoms with Gasteiger partial charge in [0, 0.05) is 0 Å². The highest BCUT2D eigenvalue weighted by atomic mass is 16.6. The second-order valence-corrected chi connectivity index (χ2v) is 3.79. The Balaban J connectivity index is 2.01. The summed E-state index contributed by atoms with van der Waals surface area (Å²) in [6.07, 6.45) is 4.48. The van der Waals surface area contributed by atoms with E-state index < -0.39 is 4.92 Å². The topological polar surface area (TPSA) is 101 Å². The van der Waals surface area contributed by atoms with Crippen molar-refractivity contribution in [3.8, 4) is 0 Å². The monoisotopic (exact) mass is 224 g/mol. The average molecular weight is 224 g/mol. The lowest BCUT2D eigenvalue weighted by Gasteiger charge is -2.14. The minimum absolute atomic E-state index is 0.0189. The number of hydrogen-bond acceptors (Lipinski definition) is 6. The quantitative estimate of drug-likeness (QED) is 0.560. The smallest absolute Gasteiger partial charge is 0.305 e. The molecule has 1 aromatic rings. The first-order chi connectivity index (χ1) is 7.70. The van der Waals surface area contributed by atoms with E-state index in [-0.39, 0.29) is 18.3 Å². The molecule has 1 fully saturated rings. The summed E-state index contributed by atoms with van der Waals surface area (Å²) in [6.45, 7) is 0.0189. The zero-order valence-electron chi connectivity index (χ0n) is 8.54. The zero-order valence-corrected chi connectivity index (χ0v) is 8.54. The van der Waals surface area contributed by atoms with Gasteiger partial charge in [-0.2, -0.15) is 0 Å². The largest absolute Gasteiger partial charge is 0.394 e. The van der Waals surface area contributed by atoms with Crippen LogP contribution in [0.15, 0.2) is 12.4 Å². The van der Waals surface area contributed by atoms with E-state index in [1.165, 1.54) is 0 Å². The van der Waals surface area contributed by atoms with Crippen LogP contribution in [0.2, 0.25) is 0 Å². The molecule has 0 unspecified atom stereocenters. The minimum atomic E-state index is -0.547. The Morgan fingerprint density at radius 1 is 1.56 bits per heavy atom. The molecule has 0 radical (unpaired) electrons. The van der Waals surface area contributed by atoms with Crippen LogP contribution < -0.4 is 5.32 Å². The standard InChI is InChI=1S/C9H12N4O3/c14-5-8(6-1-2-6)12-9-10-3-7(4-11-9)13(15)16/h3-4,6,8,14H,1-2,5H2,(H,10,11,12)/t8-/m1/s1. The molecule has 0 spiro atoms. The molecule has 1 aromatic heterocycles. The first-order valence-electron chi connectivity index (χ1n) is 5.04. The van der Waals surface area contributed by atoms with Gasteiger partial charge in [-0.15, -0.1) is 0 Å². The van der Waals surface area contributed by atoms with Crippen LogP contribution in [0.4, 0.5) is 11.6 Å². The number of nitro groups is 1. The van der Waals surface area contributed by atoms with Crippen molar-refractivity contribution in [2.45, 2.75) is 18.9 Å². The van der Waals surface area contributed by atoms with Gasteiger partial charge in [-0.1, -0.05) is 0 Å². The molecule has 2 rings (SSSR count). The number of rotatable bonds is 5. The van der Waals surface area contributed by atoms with E-state index in [1.54, 1.807) is 0 Å². The van der Waals surface area contributed by atoms with Gasteiger partial charge in [-0.05, 0) is 18.8 Å². The van der Waals surface area contributed by atoms with Crippen LogP contribution in [0.1, 0.15) is 12.8 Å². The van der Waals surface area contributed by atoms with E-state index in [0.29, 0.717) is 11.9 Å². The molecule has 1 saturated carbocycles. The highest BCUT2D eigenvalue weighted by Crippen LogP contribution is 2.33. The van der Waals surface area contributed by atoms with Gasteiger partial charge < -0.3 is 10.4 Å². The van der Waals surface area contributed by atoms with Crippen LogP contribution in [-0.4, -0.2) is 32.6 Å². The Hall–Kier alpha value is -1.76. The van der Waals surface area contributed by atoms with Gasteiger partial charge in [-0.3, -0.25) is 10.1 Å². The number of anilines is 1. The summed E-state index contributed by atoms with van der Waals surface area (Å²) >= 11 is 0. The second kappa shape index (κ2) is 4.40. The van der Waals surface area contributed by atoms with E-state index in [9.17, 15) is 10.1 Å². The fraction of sp³-hybridized carbons (Fsp3) is 0.556. The third-order valence-corrected chi connectivity index (χ3v) is 2.55. The third kappa shape index (κ3) is 2.43. The van der Waals surface area contributed by atoms with Crippen molar-refractivity contribution in [2.24, 2.45) is 5.92 Å². The molecule has 16 heavy (non-hydrogen) atoms. The summed E-state index contributed by atoms with van der Waals surface area (Å²) in [4.78, 5) is 17.5. The molecule has 0 aliphatic heterocycles. The predicted molar refractivity (Wildman–Crippen MR) is 55.9 cm³/mol. The molecule has 1 aliphatic carbocycles. The Morgan fingerprint density at radius 2 is 2.19 bits per heavy atom.